The third kappa shape index (κ3) is 8.56. The van der Waals surface area contributed by atoms with Crippen molar-refractivity contribution in [3.8, 4) is 11.1 Å². The number of hydrogen-bond acceptors (Lipinski definition) is 7. The Morgan fingerprint density at radius 1 is 0.911 bits per heavy atom. The predicted octanol–water partition coefficient (Wildman–Crippen LogP) is 4.97. The smallest absolute Gasteiger partial charge is 0.303 e. The van der Waals surface area contributed by atoms with Crippen molar-refractivity contribution in [2.75, 3.05) is 19.7 Å². The molecule has 0 unspecified atom stereocenters. The summed E-state index contributed by atoms with van der Waals surface area (Å²) in [6.07, 6.45) is 1.68. The van der Waals surface area contributed by atoms with Crippen LogP contribution in [-0.4, -0.2) is 63.9 Å². The highest BCUT2D eigenvalue weighted by molar-refractivity contribution is 5.76. The Kier molecular flexibility index (Phi) is 11.4. The van der Waals surface area contributed by atoms with Crippen LogP contribution >= 0.6 is 0 Å². The largest absolute Gasteiger partial charge is 0.481 e. The fraction of sp³-hybridized carbons (Fsp3) is 0.444. The molecular formula is C36H44N2O7. The first kappa shape index (κ1) is 32.8. The summed E-state index contributed by atoms with van der Waals surface area (Å²) in [5.41, 5.74) is 5.80. The summed E-state index contributed by atoms with van der Waals surface area (Å²) in [4.78, 5) is 25.1. The molecule has 9 nitrogen and oxygen atoms in total. The third-order valence-corrected chi connectivity index (χ3v) is 8.98. The Hall–Kier alpha value is -3.60. The number of aliphatic hydroxyl groups excluding tert-OH is 2. The Morgan fingerprint density at radius 2 is 1.67 bits per heavy atom. The van der Waals surface area contributed by atoms with Gasteiger partial charge in [0.2, 0.25) is 5.91 Å². The Bertz CT molecular complexity index is 1410. The van der Waals surface area contributed by atoms with Crippen molar-refractivity contribution in [2.45, 2.75) is 76.7 Å². The third-order valence-electron chi connectivity index (χ3n) is 8.98. The first-order valence-corrected chi connectivity index (χ1v) is 15.9. The molecule has 2 heterocycles. The molecule has 1 amide bonds. The number of benzene rings is 3. The van der Waals surface area contributed by atoms with Gasteiger partial charge in [-0.3, -0.25) is 14.5 Å². The van der Waals surface area contributed by atoms with E-state index in [0.717, 1.165) is 59.3 Å². The van der Waals surface area contributed by atoms with E-state index in [9.17, 15) is 19.8 Å². The average Bonchev–Trinajstić information content (AvgIpc) is 3.52. The minimum Gasteiger partial charge on any atom is -0.481 e. The van der Waals surface area contributed by atoms with Gasteiger partial charge in [0.15, 0.2) is 6.29 Å². The molecule has 240 valence electrons. The molecule has 2 aliphatic rings. The number of carboxylic acids is 1. The Morgan fingerprint density at radius 3 is 2.38 bits per heavy atom. The molecule has 2 aliphatic heterocycles. The van der Waals surface area contributed by atoms with Crippen LogP contribution in [0.4, 0.5) is 0 Å². The highest BCUT2D eigenvalue weighted by Crippen LogP contribution is 2.42. The summed E-state index contributed by atoms with van der Waals surface area (Å²) in [6, 6.07) is 24.2. The molecule has 4 N–H and O–H groups in total. The SMILES string of the molecule is C[C@@H]1[C@H](CN2CCC[C@H]2CO)O[C@H](c2ccc(-c3cccc(CNC(=O)CCCC(=O)O)c3)cc2)O[C@@H]1c1ccc(CO)cc1. The van der Waals surface area contributed by atoms with Crippen LogP contribution in [0.3, 0.4) is 0 Å². The summed E-state index contributed by atoms with van der Waals surface area (Å²) < 4.78 is 13.3. The molecule has 45 heavy (non-hydrogen) atoms. The molecule has 0 spiro atoms. The van der Waals surface area contributed by atoms with Crippen LogP contribution in [0.15, 0.2) is 72.8 Å². The standard InChI is InChI=1S/C36H44N2O7/c1-24-32(21-38-18-4-7-31(38)23-40)44-36(45-35(24)28-12-10-25(22-39)11-13-28)29-16-14-27(15-17-29)30-6-2-5-26(19-30)20-37-33(41)8-3-9-34(42)43/h2,5-6,10-17,19,24,31-32,35-36,39-40H,3-4,7-9,18,20-23H2,1H3,(H,37,41)(H,42,43)/t24-,31+,32+,35+,36+/m1/s1. The lowest BCUT2D eigenvalue weighted by molar-refractivity contribution is -0.276. The highest BCUT2D eigenvalue weighted by atomic mass is 16.7. The lowest BCUT2D eigenvalue weighted by atomic mass is 9.89. The first-order chi connectivity index (χ1) is 21.8. The van der Waals surface area contributed by atoms with Gasteiger partial charge in [-0.2, -0.15) is 0 Å². The average molecular weight is 617 g/mol. The van der Waals surface area contributed by atoms with E-state index in [0.29, 0.717) is 13.0 Å². The molecule has 5 rings (SSSR count). The van der Waals surface area contributed by atoms with E-state index in [-0.39, 0.29) is 56.1 Å². The maximum atomic E-state index is 12.1. The molecule has 0 aliphatic carbocycles. The lowest BCUT2D eigenvalue weighted by Gasteiger charge is -2.43. The summed E-state index contributed by atoms with van der Waals surface area (Å²) in [6.45, 7) is 4.33. The molecule has 9 heteroatoms. The van der Waals surface area contributed by atoms with Crippen molar-refractivity contribution in [3.63, 3.8) is 0 Å². The van der Waals surface area contributed by atoms with Gasteiger partial charge >= 0.3 is 5.97 Å². The zero-order valence-corrected chi connectivity index (χ0v) is 25.8. The predicted molar refractivity (Wildman–Crippen MR) is 170 cm³/mol. The van der Waals surface area contributed by atoms with Gasteiger partial charge < -0.3 is 30.1 Å². The van der Waals surface area contributed by atoms with Crippen molar-refractivity contribution in [1.82, 2.24) is 10.2 Å². The number of likely N-dealkylation sites (tertiary alicyclic amines) is 1. The molecule has 0 aromatic heterocycles. The van der Waals surface area contributed by atoms with Crippen LogP contribution in [0.5, 0.6) is 0 Å². The number of carbonyl (C=O) groups excluding carboxylic acids is 1. The highest BCUT2D eigenvalue weighted by Gasteiger charge is 2.40. The summed E-state index contributed by atoms with van der Waals surface area (Å²) in [7, 11) is 0. The topological polar surface area (TPSA) is 129 Å². The molecule has 2 fully saturated rings. The maximum absolute atomic E-state index is 12.1. The van der Waals surface area contributed by atoms with E-state index in [2.05, 4.69) is 17.1 Å². The second kappa shape index (κ2) is 15.6. The van der Waals surface area contributed by atoms with Crippen LogP contribution in [0, 0.1) is 5.92 Å². The number of nitrogens with zero attached hydrogens (tertiary/aromatic N) is 1. The van der Waals surface area contributed by atoms with Crippen LogP contribution < -0.4 is 5.32 Å². The second-order valence-electron chi connectivity index (χ2n) is 12.1. The van der Waals surface area contributed by atoms with Crippen molar-refractivity contribution < 1.29 is 34.4 Å². The Balaban J connectivity index is 1.29. The second-order valence-corrected chi connectivity index (χ2v) is 12.1. The quantitative estimate of drug-likeness (QED) is 0.212. The van der Waals surface area contributed by atoms with Crippen LogP contribution in [0.1, 0.15) is 73.7 Å². The molecule has 0 bridgehead atoms. The van der Waals surface area contributed by atoms with Crippen molar-refractivity contribution in [2.24, 2.45) is 5.92 Å². The number of carbonyl (C=O) groups is 2. The molecule has 3 aromatic carbocycles. The summed E-state index contributed by atoms with van der Waals surface area (Å²) in [5.74, 6) is -0.990. The molecule has 5 atom stereocenters. The van der Waals surface area contributed by atoms with Crippen molar-refractivity contribution >= 4 is 11.9 Å². The molecule has 0 saturated carbocycles. The van der Waals surface area contributed by atoms with Gasteiger partial charge in [-0.25, -0.2) is 0 Å². The van der Waals surface area contributed by atoms with Gasteiger partial charge in [-0.15, -0.1) is 0 Å². The van der Waals surface area contributed by atoms with Gasteiger partial charge in [0, 0.05) is 43.5 Å². The first-order valence-electron chi connectivity index (χ1n) is 15.9. The number of aliphatic carboxylic acids is 1. The molecule has 0 radical (unpaired) electrons. The number of rotatable bonds is 13. The van der Waals surface area contributed by atoms with E-state index in [4.69, 9.17) is 14.6 Å². The van der Waals surface area contributed by atoms with E-state index in [1.54, 1.807) is 0 Å². The van der Waals surface area contributed by atoms with Gasteiger partial charge in [0.05, 0.1) is 25.4 Å². The molecule has 3 aromatic rings. The van der Waals surface area contributed by atoms with Crippen LogP contribution in [-0.2, 0) is 32.2 Å². The summed E-state index contributed by atoms with van der Waals surface area (Å²) in [5, 5.41) is 31.1. The van der Waals surface area contributed by atoms with Gasteiger partial charge in [-0.1, -0.05) is 73.7 Å². The Labute approximate surface area is 264 Å². The number of carboxylic acid groups (broad SMARTS) is 1. The van der Waals surface area contributed by atoms with E-state index >= 15 is 0 Å². The minimum atomic E-state index is -0.899. The molecular weight excluding hydrogens is 572 g/mol. The number of hydrogen-bond donors (Lipinski definition) is 4. The monoisotopic (exact) mass is 616 g/mol. The number of aliphatic hydroxyl groups is 2. The fourth-order valence-corrected chi connectivity index (χ4v) is 6.28. The number of ether oxygens (including phenoxy) is 2. The molecule has 2 saturated heterocycles. The minimum absolute atomic E-state index is 0.00822. The summed E-state index contributed by atoms with van der Waals surface area (Å²) >= 11 is 0. The lowest BCUT2D eigenvalue weighted by Crippen LogP contribution is -2.46. The van der Waals surface area contributed by atoms with E-state index in [1.807, 2.05) is 72.8 Å². The van der Waals surface area contributed by atoms with E-state index < -0.39 is 12.3 Å². The van der Waals surface area contributed by atoms with Crippen LogP contribution in [0.2, 0.25) is 0 Å². The number of amides is 1. The van der Waals surface area contributed by atoms with Crippen LogP contribution in [0.25, 0.3) is 11.1 Å². The van der Waals surface area contributed by atoms with Crippen molar-refractivity contribution in [1.29, 1.82) is 0 Å². The maximum Gasteiger partial charge on any atom is 0.303 e. The zero-order valence-electron chi connectivity index (χ0n) is 25.8. The fourth-order valence-electron chi connectivity index (χ4n) is 6.28. The van der Waals surface area contributed by atoms with Gasteiger partial charge in [0.25, 0.3) is 0 Å². The normalized spacial score (nSPS) is 23.6. The van der Waals surface area contributed by atoms with Gasteiger partial charge in [-0.05, 0) is 59.7 Å². The number of nitrogens with one attached hydrogen (secondary N) is 1. The van der Waals surface area contributed by atoms with E-state index in [1.165, 1.54) is 0 Å². The van der Waals surface area contributed by atoms with Crippen molar-refractivity contribution in [3.05, 3.63) is 95.1 Å². The zero-order chi connectivity index (χ0) is 31.8. The van der Waals surface area contributed by atoms with Gasteiger partial charge in [0.1, 0.15) is 0 Å².